The second-order valence-corrected chi connectivity index (χ2v) is 4.32. The summed E-state index contributed by atoms with van der Waals surface area (Å²) in [5.41, 5.74) is 7.47. The first-order valence-electron chi connectivity index (χ1n) is 5.84. The van der Waals surface area contributed by atoms with Crippen molar-refractivity contribution >= 4 is 5.69 Å². The molecule has 0 spiro atoms. The lowest BCUT2D eigenvalue weighted by Crippen LogP contribution is -2.19. The van der Waals surface area contributed by atoms with Gasteiger partial charge in [0.15, 0.2) is 0 Å². The molecule has 2 N–H and O–H groups in total. The minimum absolute atomic E-state index is 0.611. The van der Waals surface area contributed by atoms with Gasteiger partial charge in [0.05, 0.1) is 11.4 Å². The highest BCUT2D eigenvalue weighted by Gasteiger charge is 2.04. The summed E-state index contributed by atoms with van der Waals surface area (Å²) in [6.07, 6.45) is 3.62. The Hall–Kier alpha value is -2.01. The van der Waals surface area contributed by atoms with Gasteiger partial charge >= 0.3 is 0 Å². The Bertz CT molecular complexity index is 494. The lowest BCUT2D eigenvalue weighted by atomic mass is 10.2. The molecule has 0 atom stereocenters. The maximum absolute atomic E-state index is 5.89. The van der Waals surface area contributed by atoms with Crippen molar-refractivity contribution in [1.29, 1.82) is 0 Å². The van der Waals surface area contributed by atoms with E-state index in [1.165, 1.54) is 0 Å². The van der Waals surface area contributed by atoms with Crippen molar-refractivity contribution in [3.63, 3.8) is 0 Å². The number of nitrogen functional groups attached to an aromatic ring is 1. The zero-order chi connectivity index (χ0) is 13.0. The maximum Gasteiger partial charge on any atom is 0.144 e. The third kappa shape index (κ3) is 3.01. The van der Waals surface area contributed by atoms with Crippen molar-refractivity contribution in [3.8, 4) is 11.4 Å². The van der Waals surface area contributed by atoms with E-state index < -0.39 is 0 Å². The van der Waals surface area contributed by atoms with Crippen LogP contribution in [0.3, 0.4) is 0 Å². The minimum Gasteiger partial charge on any atom is -0.490 e. The molecule has 0 saturated carbocycles. The van der Waals surface area contributed by atoms with Crippen molar-refractivity contribution in [3.05, 3.63) is 36.7 Å². The Balaban J connectivity index is 2.12. The van der Waals surface area contributed by atoms with Gasteiger partial charge in [-0.05, 0) is 32.3 Å². The third-order valence-electron chi connectivity index (χ3n) is 2.56. The molecule has 0 aliphatic heterocycles. The number of aromatic nitrogens is 2. The van der Waals surface area contributed by atoms with Crippen molar-refractivity contribution in [1.82, 2.24) is 14.7 Å². The standard InChI is InChI=1S/C13H18N4O/c1-16(2)8-9-18-13-10-11(4-5-12(13)14)17-7-3-6-15-17/h3-7,10H,8-9,14H2,1-2H3. The summed E-state index contributed by atoms with van der Waals surface area (Å²) in [6, 6.07) is 7.53. The number of ether oxygens (including phenoxy) is 1. The molecular weight excluding hydrogens is 228 g/mol. The summed E-state index contributed by atoms with van der Waals surface area (Å²) in [6.45, 7) is 1.46. The molecule has 0 aliphatic carbocycles. The number of nitrogens with zero attached hydrogens (tertiary/aromatic N) is 3. The van der Waals surface area contributed by atoms with Gasteiger partial charge in [0.2, 0.25) is 0 Å². The van der Waals surface area contributed by atoms with Gasteiger partial charge in [-0.3, -0.25) is 0 Å². The van der Waals surface area contributed by atoms with Crippen LogP contribution in [0.2, 0.25) is 0 Å². The average Bonchev–Trinajstić information content (AvgIpc) is 2.84. The summed E-state index contributed by atoms with van der Waals surface area (Å²) < 4.78 is 7.45. The van der Waals surface area contributed by atoms with Crippen LogP contribution in [0.25, 0.3) is 5.69 Å². The molecule has 2 rings (SSSR count). The molecule has 1 aromatic carbocycles. The first-order valence-corrected chi connectivity index (χ1v) is 5.84. The average molecular weight is 246 g/mol. The number of anilines is 1. The molecule has 0 fully saturated rings. The van der Waals surface area contributed by atoms with E-state index in [2.05, 4.69) is 10.00 Å². The van der Waals surface area contributed by atoms with Crippen LogP contribution in [-0.4, -0.2) is 41.9 Å². The quantitative estimate of drug-likeness (QED) is 0.810. The summed E-state index contributed by atoms with van der Waals surface area (Å²) in [4.78, 5) is 2.06. The Kier molecular flexibility index (Phi) is 3.84. The van der Waals surface area contributed by atoms with Crippen LogP contribution in [-0.2, 0) is 0 Å². The molecule has 0 bridgehead atoms. The molecular formula is C13H18N4O. The largest absolute Gasteiger partial charge is 0.490 e. The molecule has 0 amide bonds. The molecule has 5 heteroatoms. The zero-order valence-electron chi connectivity index (χ0n) is 10.7. The lowest BCUT2D eigenvalue weighted by Gasteiger charge is -2.13. The van der Waals surface area contributed by atoms with Crippen LogP contribution in [0.15, 0.2) is 36.7 Å². The maximum atomic E-state index is 5.89. The molecule has 1 aromatic heterocycles. The van der Waals surface area contributed by atoms with Crippen molar-refractivity contribution in [2.24, 2.45) is 0 Å². The van der Waals surface area contributed by atoms with E-state index in [0.717, 1.165) is 12.2 Å². The van der Waals surface area contributed by atoms with Crippen LogP contribution in [0.1, 0.15) is 0 Å². The smallest absolute Gasteiger partial charge is 0.144 e. The fourth-order valence-corrected chi connectivity index (χ4v) is 1.55. The van der Waals surface area contributed by atoms with Crippen LogP contribution < -0.4 is 10.5 Å². The summed E-state index contributed by atoms with van der Waals surface area (Å²) in [5.74, 6) is 0.699. The van der Waals surface area contributed by atoms with E-state index in [-0.39, 0.29) is 0 Å². The monoisotopic (exact) mass is 246 g/mol. The number of hydrogen-bond donors (Lipinski definition) is 1. The van der Waals surface area contributed by atoms with E-state index in [4.69, 9.17) is 10.5 Å². The fourth-order valence-electron chi connectivity index (χ4n) is 1.55. The summed E-state index contributed by atoms with van der Waals surface area (Å²) in [5, 5.41) is 4.18. The van der Waals surface area contributed by atoms with E-state index in [9.17, 15) is 0 Å². The number of benzene rings is 1. The van der Waals surface area contributed by atoms with Crippen molar-refractivity contribution < 1.29 is 4.74 Å². The molecule has 2 aromatic rings. The molecule has 18 heavy (non-hydrogen) atoms. The SMILES string of the molecule is CN(C)CCOc1cc(-n2cccn2)ccc1N. The van der Waals surface area contributed by atoms with Gasteiger partial charge in [0, 0.05) is 25.0 Å². The van der Waals surface area contributed by atoms with E-state index in [0.29, 0.717) is 18.0 Å². The highest BCUT2D eigenvalue weighted by molar-refractivity contribution is 5.57. The van der Waals surface area contributed by atoms with Crippen molar-refractivity contribution in [2.75, 3.05) is 33.0 Å². The highest BCUT2D eigenvalue weighted by atomic mass is 16.5. The van der Waals surface area contributed by atoms with Gasteiger partial charge in [-0.25, -0.2) is 4.68 Å². The Morgan fingerprint density at radius 2 is 2.22 bits per heavy atom. The number of nitrogens with two attached hydrogens (primary N) is 1. The number of rotatable bonds is 5. The van der Waals surface area contributed by atoms with Gasteiger partial charge in [-0.2, -0.15) is 5.10 Å². The second kappa shape index (κ2) is 5.55. The summed E-state index contributed by atoms with van der Waals surface area (Å²) >= 11 is 0. The Morgan fingerprint density at radius 1 is 1.39 bits per heavy atom. The van der Waals surface area contributed by atoms with Gasteiger partial charge in [0.1, 0.15) is 12.4 Å². The first kappa shape index (κ1) is 12.4. The molecule has 0 aliphatic rings. The van der Waals surface area contributed by atoms with E-state index >= 15 is 0 Å². The van der Waals surface area contributed by atoms with Crippen LogP contribution >= 0.6 is 0 Å². The predicted octanol–water partition coefficient (Wildman–Crippen LogP) is 1.39. The van der Waals surface area contributed by atoms with Crippen LogP contribution in [0, 0.1) is 0 Å². The van der Waals surface area contributed by atoms with E-state index in [1.807, 2.05) is 44.6 Å². The molecule has 0 saturated heterocycles. The van der Waals surface area contributed by atoms with E-state index in [1.54, 1.807) is 10.9 Å². The molecule has 96 valence electrons. The van der Waals surface area contributed by atoms with Gasteiger partial charge in [-0.15, -0.1) is 0 Å². The minimum atomic E-state index is 0.611. The van der Waals surface area contributed by atoms with Gasteiger partial charge in [0.25, 0.3) is 0 Å². The predicted molar refractivity (Wildman–Crippen MR) is 72.0 cm³/mol. The molecule has 0 radical (unpaired) electrons. The highest BCUT2D eigenvalue weighted by Crippen LogP contribution is 2.24. The topological polar surface area (TPSA) is 56.3 Å². The Morgan fingerprint density at radius 3 is 2.89 bits per heavy atom. The first-order chi connectivity index (χ1) is 8.66. The third-order valence-corrected chi connectivity index (χ3v) is 2.56. The van der Waals surface area contributed by atoms with Crippen molar-refractivity contribution in [2.45, 2.75) is 0 Å². The van der Waals surface area contributed by atoms with Gasteiger partial charge < -0.3 is 15.4 Å². The summed E-state index contributed by atoms with van der Waals surface area (Å²) in [7, 11) is 4.01. The van der Waals surface area contributed by atoms with Crippen LogP contribution in [0.4, 0.5) is 5.69 Å². The fraction of sp³-hybridized carbons (Fsp3) is 0.308. The molecule has 0 unspecified atom stereocenters. The normalized spacial score (nSPS) is 10.8. The zero-order valence-corrected chi connectivity index (χ0v) is 10.7. The molecule has 5 nitrogen and oxygen atoms in total. The Labute approximate surface area is 107 Å². The number of likely N-dealkylation sites (N-methyl/N-ethyl adjacent to an activating group) is 1. The van der Waals surface area contributed by atoms with Crippen LogP contribution in [0.5, 0.6) is 5.75 Å². The molecule has 1 heterocycles. The van der Waals surface area contributed by atoms with Gasteiger partial charge in [-0.1, -0.05) is 0 Å². The lowest BCUT2D eigenvalue weighted by molar-refractivity contribution is 0.262. The second-order valence-electron chi connectivity index (χ2n) is 4.32. The number of hydrogen-bond acceptors (Lipinski definition) is 4.